The summed E-state index contributed by atoms with van der Waals surface area (Å²) in [6.45, 7) is 0.600. The average Bonchev–Trinajstić information content (AvgIpc) is 2.97. The van der Waals surface area contributed by atoms with Crippen molar-refractivity contribution in [2.45, 2.75) is 31.7 Å². The number of carbonyl (C=O) groups is 1. The molecule has 2 aliphatic rings. The van der Waals surface area contributed by atoms with E-state index in [1.165, 1.54) is 5.56 Å². The Labute approximate surface area is 105 Å². The maximum atomic E-state index is 11.1. The number of nitrogens with zero attached hydrogens (tertiary/aromatic N) is 2. The van der Waals surface area contributed by atoms with Crippen LogP contribution < -0.4 is 10.6 Å². The summed E-state index contributed by atoms with van der Waals surface area (Å²) in [6.07, 6.45) is 3.56. The molecule has 0 bridgehead atoms. The number of amides is 1. The number of anilines is 1. The number of hydrogen-bond donors (Lipinski definition) is 2. The van der Waals surface area contributed by atoms with Gasteiger partial charge in [0.15, 0.2) is 0 Å². The second kappa shape index (κ2) is 4.30. The third-order valence-corrected chi connectivity index (χ3v) is 3.49. The number of hydrogen-bond acceptors (Lipinski definition) is 4. The first-order valence-electron chi connectivity index (χ1n) is 6.22. The highest BCUT2D eigenvalue weighted by atomic mass is 16.1. The fourth-order valence-corrected chi connectivity index (χ4v) is 2.57. The van der Waals surface area contributed by atoms with Gasteiger partial charge < -0.3 is 10.6 Å². The van der Waals surface area contributed by atoms with Crippen LogP contribution >= 0.6 is 0 Å². The molecular formula is C13H14N4O. The Hall–Kier alpha value is -2.09. The predicted octanol–water partition coefficient (Wildman–Crippen LogP) is 0.742. The average molecular weight is 242 g/mol. The highest BCUT2D eigenvalue weighted by Crippen LogP contribution is 2.25. The van der Waals surface area contributed by atoms with E-state index < -0.39 is 0 Å². The summed E-state index contributed by atoms with van der Waals surface area (Å²) in [6, 6.07) is 4.15. The Kier molecular flexibility index (Phi) is 2.63. The van der Waals surface area contributed by atoms with Crippen LogP contribution in [0.1, 0.15) is 29.7 Å². The van der Waals surface area contributed by atoms with Gasteiger partial charge in [-0.25, -0.2) is 4.98 Å². The van der Waals surface area contributed by atoms with Gasteiger partial charge in [0.1, 0.15) is 11.9 Å². The van der Waals surface area contributed by atoms with Gasteiger partial charge in [0.2, 0.25) is 5.91 Å². The van der Waals surface area contributed by atoms with Crippen molar-refractivity contribution < 1.29 is 4.79 Å². The fraction of sp³-hybridized carbons (Fsp3) is 0.462. The fourth-order valence-electron chi connectivity index (χ4n) is 2.57. The standard InChI is InChI=1S/C13H14N4O/c14-6-9-4-8-2-1-3-11(8)17-13(9)16-10-5-12(18)15-7-10/h4,10H,1-3,5,7H2,(H,15,18)(H,16,17). The molecule has 0 radical (unpaired) electrons. The molecule has 2 heterocycles. The summed E-state index contributed by atoms with van der Waals surface area (Å²) >= 11 is 0. The van der Waals surface area contributed by atoms with Crippen LogP contribution in [-0.2, 0) is 17.6 Å². The zero-order valence-corrected chi connectivity index (χ0v) is 9.99. The van der Waals surface area contributed by atoms with E-state index in [-0.39, 0.29) is 11.9 Å². The molecule has 0 aromatic carbocycles. The summed E-state index contributed by atoms with van der Waals surface area (Å²) in [4.78, 5) is 15.7. The summed E-state index contributed by atoms with van der Waals surface area (Å²) in [5, 5.41) is 15.1. The lowest BCUT2D eigenvalue weighted by atomic mass is 10.1. The lowest BCUT2D eigenvalue weighted by molar-refractivity contribution is -0.119. The molecule has 1 unspecified atom stereocenters. The summed E-state index contributed by atoms with van der Waals surface area (Å²) in [5.74, 6) is 0.673. The van der Waals surface area contributed by atoms with Crippen molar-refractivity contribution in [3.05, 3.63) is 22.9 Å². The molecule has 1 aliphatic heterocycles. The summed E-state index contributed by atoms with van der Waals surface area (Å²) in [7, 11) is 0. The topological polar surface area (TPSA) is 77.8 Å². The number of pyridine rings is 1. The first kappa shape index (κ1) is 11.0. The number of nitrogens with one attached hydrogen (secondary N) is 2. The monoisotopic (exact) mass is 242 g/mol. The van der Waals surface area contributed by atoms with Crippen LogP contribution in [0.15, 0.2) is 6.07 Å². The number of nitriles is 1. The minimum absolute atomic E-state index is 0.0385. The predicted molar refractivity (Wildman–Crippen MR) is 66.0 cm³/mol. The van der Waals surface area contributed by atoms with Crippen molar-refractivity contribution >= 4 is 11.7 Å². The van der Waals surface area contributed by atoms with Crippen molar-refractivity contribution in [3.8, 4) is 6.07 Å². The van der Waals surface area contributed by atoms with Gasteiger partial charge in [-0.3, -0.25) is 4.79 Å². The number of aromatic nitrogens is 1. The first-order chi connectivity index (χ1) is 8.76. The SMILES string of the molecule is N#Cc1cc2c(nc1NC1CNC(=O)C1)CCC2. The molecule has 1 fully saturated rings. The van der Waals surface area contributed by atoms with Gasteiger partial charge in [0, 0.05) is 18.7 Å². The molecule has 1 atom stereocenters. The van der Waals surface area contributed by atoms with E-state index in [2.05, 4.69) is 21.7 Å². The van der Waals surface area contributed by atoms with Crippen LogP contribution in [0, 0.1) is 11.3 Å². The minimum atomic E-state index is 0.0385. The molecule has 5 heteroatoms. The van der Waals surface area contributed by atoms with E-state index in [0.717, 1.165) is 25.0 Å². The van der Waals surface area contributed by atoms with E-state index in [4.69, 9.17) is 5.26 Å². The number of fused-ring (bicyclic) bond motifs is 1. The van der Waals surface area contributed by atoms with Gasteiger partial charge in [-0.2, -0.15) is 5.26 Å². The van der Waals surface area contributed by atoms with Crippen LogP contribution in [0.25, 0.3) is 0 Å². The van der Waals surface area contributed by atoms with Gasteiger partial charge in [-0.1, -0.05) is 0 Å². The quantitative estimate of drug-likeness (QED) is 0.802. The normalized spacial score (nSPS) is 21.3. The second-order valence-electron chi connectivity index (χ2n) is 4.81. The molecular weight excluding hydrogens is 228 g/mol. The van der Waals surface area contributed by atoms with Gasteiger partial charge in [0.05, 0.1) is 11.6 Å². The molecule has 92 valence electrons. The molecule has 18 heavy (non-hydrogen) atoms. The van der Waals surface area contributed by atoms with Gasteiger partial charge in [0.25, 0.3) is 0 Å². The van der Waals surface area contributed by atoms with Crippen LogP contribution in [-0.4, -0.2) is 23.5 Å². The molecule has 3 rings (SSSR count). The Bertz CT molecular complexity index is 547. The second-order valence-corrected chi connectivity index (χ2v) is 4.81. The maximum absolute atomic E-state index is 11.1. The first-order valence-corrected chi connectivity index (χ1v) is 6.22. The minimum Gasteiger partial charge on any atom is -0.364 e. The van der Waals surface area contributed by atoms with E-state index in [1.807, 2.05) is 6.07 Å². The number of carbonyl (C=O) groups excluding carboxylic acids is 1. The molecule has 1 aromatic heterocycles. The molecule has 1 amide bonds. The van der Waals surface area contributed by atoms with E-state index in [0.29, 0.717) is 24.3 Å². The lowest BCUT2D eigenvalue weighted by Crippen LogP contribution is -2.23. The maximum Gasteiger partial charge on any atom is 0.222 e. The summed E-state index contributed by atoms with van der Waals surface area (Å²) in [5.41, 5.74) is 2.86. The number of aryl methyl sites for hydroxylation is 2. The Balaban J connectivity index is 1.87. The molecule has 5 nitrogen and oxygen atoms in total. The van der Waals surface area contributed by atoms with Crippen molar-refractivity contribution in [3.63, 3.8) is 0 Å². The highest BCUT2D eigenvalue weighted by Gasteiger charge is 2.23. The molecule has 1 saturated heterocycles. The van der Waals surface area contributed by atoms with Crippen LogP contribution in [0.5, 0.6) is 0 Å². The third-order valence-electron chi connectivity index (χ3n) is 3.49. The lowest BCUT2D eigenvalue weighted by Gasteiger charge is -2.13. The van der Waals surface area contributed by atoms with Crippen molar-refractivity contribution in [2.75, 3.05) is 11.9 Å². The molecule has 0 spiro atoms. The Morgan fingerprint density at radius 2 is 2.39 bits per heavy atom. The van der Waals surface area contributed by atoms with Crippen LogP contribution in [0.4, 0.5) is 5.82 Å². The van der Waals surface area contributed by atoms with Crippen LogP contribution in [0.2, 0.25) is 0 Å². The van der Waals surface area contributed by atoms with E-state index >= 15 is 0 Å². The van der Waals surface area contributed by atoms with Gasteiger partial charge >= 0.3 is 0 Å². The van der Waals surface area contributed by atoms with Crippen molar-refractivity contribution in [1.29, 1.82) is 5.26 Å². The zero-order valence-electron chi connectivity index (χ0n) is 9.99. The summed E-state index contributed by atoms with van der Waals surface area (Å²) < 4.78 is 0. The van der Waals surface area contributed by atoms with Gasteiger partial charge in [-0.05, 0) is 30.9 Å². The van der Waals surface area contributed by atoms with E-state index in [9.17, 15) is 4.79 Å². The van der Waals surface area contributed by atoms with Crippen molar-refractivity contribution in [1.82, 2.24) is 10.3 Å². The molecule has 1 aliphatic carbocycles. The molecule has 0 saturated carbocycles. The van der Waals surface area contributed by atoms with E-state index in [1.54, 1.807) is 0 Å². The molecule has 1 aromatic rings. The third kappa shape index (κ3) is 1.90. The van der Waals surface area contributed by atoms with Gasteiger partial charge in [-0.15, -0.1) is 0 Å². The number of rotatable bonds is 2. The highest BCUT2D eigenvalue weighted by molar-refractivity contribution is 5.79. The smallest absolute Gasteiger partial charge is 0.222 e. The Morgan fingerprint density at radius 1 is 1.50 bits per heavy atom. The largest absolute Gasteiger partial charge is 0.364 e. The Morgan fingerprint density at radius 3 is 3.11 bits per heavy atom. The van der Waals surface area contributed by atoms with Crippen molar-refractivity contribution in [2.24, 2.45) is 0 Å². The zero-order chi connectivity index (χ0) is 12.5. The molecule has 2 N–H and O–H groups in total. The van der Waals surface area contributed by atoms with Crippen LogP contribution in [0.3, 0.4) is 0 Å².